The Morgan fingerprint density at radius 3 is 2.75 bits per heavy atom. The number of amides is 1. The molecule has 0 aromatic heterocycles. The lowest BCUT2D eigenvalue weighted by atomic mass is 10.1. The summed E-state index contributed by atoms with van der Waals surface area (Å²) in [5.74, 6) is 0.916. The van der Waals surface area contributed by atoms with Gasteiger partial charge in [-0.2, -0.15) is 0 Å². The molecule has 1 aromatic carbocycles. The summed E-state index contributed by atoms with van der Waals surface area (Å²) in [6.07, 6.45) is 1.02. The van der Waals surface area contributed by atoms with Crippen LogP contribution in [-0.2, 0) is 11.3 Å². The van der Waals surface area contributed by atoms with E-state index >= 15 is 0 Å². The fourth-order valence-electron chi connectivity index (χ4n) is 1.92. The first-order chi connectivity index (χ1) is 9.47. The Morgan fingerprint density at radius 2 is 2.15 bits per heavy atom. The smallest absolute Gasteiger partial charge is 0.236 e. The van der Waals surface area contributed by atoms with E-state index in [1.165, 1.54) is 5.56 Å². The lowest BCUT2D eigenvalue weighted by Gasteiger charge is -2.20. The van der Waals surface area contributed by atoms with Gasteiger partial charge in [-0.1, -0.05) is 24.6 Å². The average Bonchev–Trinajstić information content (AvgIpc) is 2.44. The molecule has 1 N–H and O–H groups in total. The van der Waals surface area contributed by atoms with Crippen LogP contribution in [0.25, 0.3) is 0 Å². The number of benzene rings is 1. The van der Waals surface area contributed by atoms with E-state index in [9.17, 15) is 4.79 Å². The third kappa shape index (κ3) is 4.85. The molecule has 0 aliphatic rings. The summed E-state index contributed by atoms with van der Waals surface area (Å²) in [5.41, 5.74) is 2.20. The summed E-state index contributed by atoms with van der Waals surface area (Å²) in [7, 11) is 3.48. The van der Waals surface area contributed by atoms with Crippen molar-refractivity contribution in [3.8, 4) is 5.75 Å². The fourth-order valence-corrected chi connectivity index (χ4v) is 1.92. The molecule has 0 radical (unpaired) electrons. The molecule has 1 unspecified atom stereocenters. The molecule has 4 nitrogen and oxygen atoms in total. The van der Waals surface area contributed by atoms with Crippen LogP contribution in [0.5, 0.6) is 5.75 Å². The number of ether oxygens (including phenoxy) is 1. The first kappa shape index (κ1) is 16.5. The summed E-state index contributed by atoms with van der Waals surface area (Å²) in [6, 6.07) is 6.38. The quantitative estimate of drug-likeness (QED) is 0.832. The standard InChI is InChI=1S/C16H26N2O2/c1-6-13(3)17-10-16(19)18(4)11-14-9-12(2)7-8-15(14)20-5/h7-9,13,17H,6,10-11H2,1-5H3. The lowest BCUT2D eigenvalue weighted by molar-refractivity contribution is -0.129. The van der Waals surface area contributed by atoms with Gasteiger partial charge in [-0.15, -0.1) is 0 Å². The van der Waals surface area contributed by atoms with Crippen molar-refractivity contribution in [1.29, 1.82) is 0 Å². The number of likely N-dealkylation sites (N-methyl/N-ethyl adjacent to an activating group) is 1. The number of rotatable bonds is 7. The molecule has 0 fully saturated rings. The Bertz CT molecular complexity index is 446. The van der Waals surface area contributed by atoms with E-state index in [-0.39, 0.29) is 5.91 Å². The highest BCUT2D eigenvalue weighted by atomic mass is 16.5. The highest BCUT2D eigenvalue weighted by molar-refractivity contribution is 5.78. The Kier molecular flexibility index (Phi) is 6.52. The van der Waals surface area contributed by atoms with Gasteiger partial charge in [0.15, 0.2) is 0 Å². The monoisotopic (exact) mass is 278 g/mol. The molecule has 1 atom stereocenters. The van der Waals surface area contributed by atoms with Crippen LogP contribution in [0, 0.1) is 6.92 Å². The van der Waals surface area contributed by atoms with E-state index in [0.29, 0.717) is 19.1 Å². The van der Waals surface area contributed by atoms with Crippen LogP contribution in [0.1, 0.15) is 31.4 Å². The van der Waals surface area contributed by atoms with Gasteiger partial charge in [0.1, 0.15) is 5.75 Å². The highest BCUT2D eigenvalue weighted by Crippen LogP contribution is 2.20. The van der Waals surface area contributed by atoms with Crippen LogP contribution in [0.15, 0.2) is 18.2 Å². The van der Waals surface area contributed by atoms with Crippen molar-refractivity contribution in [2.75, 3.05) is 20.7 Å². The second-order valence-corrected chi connectivity index (χ2v) is 5.26. The van der Waals surface area contributed by atoms with Gasteiger partial charge in [-0.25, -0.2) is 0 Å². The molecule has 0 aliphatic carbocycles. The molecular weight excluding hydrogens is 252 g/mol. The van der Waals surface area contributed by atoms with Crippen LogP contribution in [0.2, 0.25) is 0 Å². The minimum atomic E-state index is 0.0915. The SMILES string of the molecule is CCC(C)NCC(=O)N(C)Cc1cc(C)ccc1OC. The molecule has 1 aromatic rings. The van der Waals surface area contributed by atoms with Gasteiger partial charge in [-0.3, -0.25) is 4.79 Å². The van der Waals surface area contributed by atoms with E-state index in [0.717, 1.165) is 17.7 Å². The van der Waals surface area contributed by atoms with Crippen molar-refractivity contribution in [3.05, 3.63) is 29.3 Å². The maximum absolute atomic E-state index is 12.1. The van der Waals surface area contributed by atoms with E-state index in [1.807, 2.05) is 26.1 Å². The van der Waals surface area contributed by atoms with Crippen molar-refractivity contribution >= 4 is 5.91 Å². The third-order valence-corrected chi connectivity index (χ3v) is 3.48. The number of aryl methyl sites for hydroxylation is 1. The number of hydrogen-bond donors (Lipinski definition) is 1. The van der Waals surface area contributed by atoms with Gasteiger partial charge < -0.3 is 15.0 Å². The van der Waals surface area contributed by atoms with Crippen molar-refractivity contribution in [2.45, 2.75) is 39.8 Å². The molecular formula is C16H26N2O2. The summed E-state index contributed by atoms with van der Waals surface area (Å²) >= 11 is 0. The van der Waals surface area contributed by atoms with E-state index in [2.05, 4.69) is 25.2 Å². The zero-order valence-electron chi connectivity index (χ0n) is 13.2. The fraction of sp³-hybridized carbons (Fsp3) is 0.562. The molecule has 112 valence electrons. The van der Waals surface area contributed by atoms with Crippen LogP contribution in [0.3, 0.4) is 0 Å². The molecule has 20 heavy (non-hydrogen) atoms. The average molecular weight is 278 g/mol. The van der Waals surface area contributed by atoms with Crippen molar-refractivity contribution in [1.82, 2.24) is 10.2 Å². The van der Waals surface area contributed by atoms with Crippen LogP contribution >= 0.6 is 0 Å². The molecule has 0 aliphatic heterocycles. The van der Waals surface area contributed by atoms with Gasteiger partial charge in [0.25, 0.3) is 0 Å². The molecule has 1 amide bonds. The van der Waals surface area contributed by atoms with Crippen molar-refractivity contribution in [3.63, 3.8) is 0 Å². The largest absolute Gasteiger partial charge is 0.496 e. The Balaban J connectivity index is 2.63. The Labute approximate surface area is 122 Å². The van der Waals surface area contributed by atoms with Gasteiger partial charge in [0, 0.05) is 25.2 Å². The number of nitrogens with zero attached hydrogens (tertiary/aromatic N) is 1. The van der Waals surface area contributed by atoms with E-state index in [4.69, 9.17) is 4.74 Å². The maximum atomic E-state index is 12.1. The van der Waals surface area contributed by atoms with Gasteiger partial charge in [-0.05, 0) is 26.3 Å². The van der Waals surface area contributed by atoms with Gasteiger partial charge in [0.2, 0.25) is 5.91 Å². The molecule has 0 bridgehead atoms. The van der Waals surface area contributed by atoms with Gasteiger partial charge in [0.05, 0.1) is 13.7 Å². The Morgan fingerprint density at radius 1 is 1.45 bits per heavy atom. The van der Waals surface area contributed by atoms with Crippen molar-refractivity contribution in [2.24, 2.45) is 0 Å². The minimum absolute atomic E-state index is 0.0915. The second kappa shape index (κ2) is 7.90. The van der Waals surface area contributed by atoms with E-state index < -0.39 is 0 Å². The molecule has 0 heterocycles. The summed E-state index contributed by atoms with van der Waals surface area (Å²) < 4.78 is 5.34. The first-order valence-corrected chi connectivity index (χ1v) is 7.08. The number of methoxy groups -OCH3 is 1. The summed E-state index contributed by atoms with van der Waals surface area (Å²) in [5, 5.41) is 3.22. The number of nitrogens with one attached hydrogen (secondary N) is 1. The predicted molar refractivity (Wildman–Crippen MR) is 82.0 cm³/mol. The zero-order valence-corrected chi connectivity index (χ0v) is 13.2. The minimum Gasteiger partial charge on any atom is -0.496 e. The second-order valence-electron chi connectivity index (χ2n) is 5.26. The maximum Gasteiger partial charge on any atom is 0.236 e. The number of hydrogen-bond acceptors (Lipinski definition) is 3. The number of carbonyl (C=O) groups is 1. The van der Waals surface area contributed by atoms with Gasteiger partial charge >= 0.3 is 0 Å². The molecule has 0 saturated heterocycles. The summed E-state index contributed by atoms with van der Waals surface area (Å²) in [6.45, 7) is 7.15. The molecule has 0 spiro atoms. The lowest BCUT2D eigenvalue weighted by Crippen LogP contribution is -2.38. The molecule has 4 heteroatoms. The third-order valence-electron chi connectivity index (χ3n) is 3.48. The predicted octanol–water partition coefficient (Wildman–Crippen LogP) is 2.35. The molecule has 0 saturated carbocycles. The normalized spacial score (nSPS) is 12.1. The van der Waals surface area contributed by atoms with E-state index in [1.54, 1.807) is 12.0 Å². The topological polar surface area (TPSA) is 41.6 Å². The highest BCUT2D eigenvalue weighted by Gasteiger charge is 2.12. The Hall–Kier alpha value is -1.55. The van der Waals surface area contributed by atoms with Crippen LogP contribution in [0.4, 0.5) is 0 Å². The first-order valence-electron chi connectivity index (χ1n) is 7.08. The summed E-state index contributed by atoms with van der Waals surface area (Å²) in [4.78, 5) is 13.8. The van der Waals surface area contributed by atoms with Crippen LogP contribution < -0.4 is 10.1 Å². The number of carbonyl (C=O) groups excluding carboxylic acids is 1. The molecule has 1 rings (SSSR count). The van der Waals surface area contributed by atoms with Crippen LogP contribution in [-0.4, -0.2) is 37.6 Å². The zero-order chi connectivity index (χ0) is 15.1. The van der Waals surface area contributed by atoms with Crippen molar-refractivity contribution < 1.29 is 9.53 Å².